The zero-order chi connectivity index (χ0) is 13.4. The van der Waals surface area contributed by atoms with Gasteiger partial charge in [0.15, 0.2) is 0 Å². The minimum Gasteiger partial charge on any atom is -0.420 e. The number of hydrogen-bond acceptors (Lipinski definition) is 3. The maximum Gasteiger partial charge on any atom is 0.455 e. The number of benzene rings is 1. The van der Waals surface area contributed by atoms with Crippen LogP contribution in [0.25, 0.3) is 5.57 Å². The predicted octanol–water partition coefficient (Wildman–Crippen LogP) is 2.27. The maximum atomic E-state index is 12.6. The molecule has 1 aliphatic heterocycles. The summed E-state index contributed by atoms with van der Waals surface area (Å²) in [7, 11) is 0. The molecule has 0 saturated carbocycles. The minimum atomic E-state index is -5.03. The average Bonchev–Trinajstić information content (AvgIpc) is 2.27. The predicted molar refractivity (Wildman–Crippen MR) is 56.1 cm³/mol. The Bertz CT molecular complexity index is 493. The smallest absolute Gasteiger partial charge is 0.420 e. The van der Waals surface area contributed by atoms with Gasteiger partial charge in [-0.25, -0.2) is 4.79 Å². The first-order valence-corrected chi connectivity index (χ1v) is 5.10. The number of halogens is 3. The Hall–Kier alpha value is -1.82. The number of aliphatic hydroxyl groups is 1. The molecule has 0 radical (unpaired) electrons. The van der Waals surface area contributed by atoms with Crippen LogP contribution in [0.15, 0.2) is 36.4 Å². The summed E-state index contributed by atoms with van der Waals surface area (Å²) >= 11 is 0. The van der Waals surface area contributed by atoms with Gasteiger partial charge in [0.1, 0.15) is 0 Å². The molecule has 1 aromatic rings. The van der Waals surface area contributed by atoms with Crippen molar-refractivity contribution in [3.8, 4) is 0 Å². The zero-order valence-corrected chi connectivity index (χ0v) is 9.07. The van der Waals surface area contributed by atoms with Crippen molar-refractivity contribution in [1.82, 2.24) is 0 Å². The summed E-state index contributed by atoms with van der Waals surface area (Å²) in [6.07, 6.45) is -4.89. The van der Waals surface area contributed by atoms with E-state index in [0.29, 0.717) is 5.56 Å². The van der Waals surface area contributed by atoms with E-state index in [2.05, 4.69) is 4.74 Å². The molecule has 2 rings (SSSR count). The molecule has 1 aliphatic rings. The molecule has 1 atom stereocenters. The fourth-order valence-electron chi connectivity index (χ4n) is 1.68. The second-order valence-electron chi connectivity index (χ2n) is 3.92. The number of carbonyl (C=O) groups excluding carboxylic acids is 1. The lowest BCUT2D eigenvalue weighted by Gasteiger charge is -2.33. The van der Waals surface area contributed by atoms with Crippen molar-refractivity contribution < 1.29 is 27.8 Å². The van der Waals surface area contributed by atoms with Crippen molar-refractivity contribution in [2.45, 2.75) is 18.4 Å². The Morgan fingerprint density at radius 1 is 1.22 bits per heavy atom. The van der Waals surface area contributed by atoms with Crippen LogP contribution in [0.4, 0.5) is 13.2 Å². The van der Waals surface area contributed by atoms with Crippen LogP contribution in [0, 0.1) is 0 Å². The SMILES string of the molecule is O=C1C=C(c2ccccc2)CC(O)(C(F)(F)F)O1. The highest BCUT2D eigenvalue weighted by Crippen LogP contribution is 2.41. The Morgan fingerprint density at radius 3 is 2.39 bits per heavy atom. The molecule has 0 aromatic heterocycles. The summed E-state index contributed by atoms with van der Waals surface area (Å²) in [6, 6.07) is 8.06. The summed E-state index contributed by atoms with van der Waals surface area (Å²) in [5.41, 5.74) is 0.531. The summed E-state index contributed by atoms with van der Waals surface area (Å²) in [5.74, 6) is -4.66. The van der Waals surface area contributed by atoms with Gasteiger partial charge in [-0.15, -0.1) is 0 Å². The standard InChI is InChI=1S/C12H9F3O3/c13-12(14,15)11(17)7-9(6-10(16)18-11)8-4-2-1-3-5-8/h1-6,17H,7H2. The first-order valence-electron chi connectivity index (χ1n) is 5.10. The second-order valence-corrected chi connectivity index (χ2v) is 3.92. The van der Waals surface area contributed by atoms with E-state index in [-0.39, 0.29) is 5.57 Å². The molecule has 0 amide bonds. The fraction of sp³-hybridized carbons (Fsp3) is 0.250. The van der Waals surface area contributed by atoms with Gasteiger partial charge in [0, 0.05) is 12.5 Å². The van der Waals surface area contributed by atoms with E-state index in [4.69, 9.17) is 0 Å². The summed E-state index contributed by atoms with van der Waals surface area (Å²) in [4.78, 5) is 11.2. The van der Waals surface area contributed by atoms with E-state index in [1.807, 2.05) is 0 Å². The van der Waals surface area contributed by atoms with E-state index in [9.17, 15) is 23.1 Å². The zero-order valence-electron chi connectivity index (χ0n) is 9.07. The molecule has 1 unspecified atom stereocenters. The maximum absolute atomic E-state index is 12.6. The number of carbonyl (C=O) groups is 1. The van der Waals surface area contributed by atoms with Crippen molar-refractivity contribution in [3.05, 3.63) is 42.0 Å². The highest BCUT2D eigenvalue weighted by Gasteiger charge is 2.59. The quantitative estimate of drug-likeness (QED) is 0.786. The Morgan fingerprint density at radius 2 is 1.83 bits per heavy atom. The highest BCUT2D eigenvalue weighted by atomic mass is 19.4. The Labute approximate surface area is 100 Å². The van der Waals surface area contributed by atoms with Gasteiger partial charge in [-0.3, -0.25) is 0 Å². The molecule has 18 heavy (non-hydrogen) atoms. The Kier molecular flexibility index (Phi) is 2.90. The first-order chi connectivity index (χ1) is 8.32. The number of esters is 1. The number of alkyl halides is 3. The molecule has 96 valence electrons. The van der Waals surface area contributed by atoms with E-state index < -0.39 is 24.4 Å². The molecule has 6 heteroatoms. The topological polar surface area (TPSA) is 46.5 Å². The number of rotatable bonds is 1. The molecule has 3 nitrogen and oxygen atoms in total. The number of ether oxygens (including phenoxy) is 1. The van der Waals surface area contributed by atoms with Gasteiger partial charge in [0.2, 0.25) is 0 Å². The molecule has 0 spiro atoms. The van der Waals surface area contributed by atoms with Crippen LogP contribution in [-0.4, -0.2) is 23.0 Å². The molecule has 1 N–H and O–H groups in total. The van der Waals surface area contributed by atoms with E-state index in [1.165, 1.54) is 0 Å². The average molecular weight is 258 g/mol. The molecular weight excluding hydrogens is 249 g/mol. The lowest BCUT2D eigenvalue weighted by atomic mass is 9.95. The van der Waals surface area contributed by atoms with Gasteiger partial charge < -0.3 is 9.84 Å². The van der Waals surface area contributed by atoms with Crippen molar-refractivity contribution in [1.29, 1.82) is 0 Å². The van der Waals surface area contributed by atoms with Crippen LogP contribution >= 0.6 is 0 Å². The lowest BCUT2D eigenvalue weighted by molar-refractivity contribution is -0.349. The molecule has 1 heterocycles. The van der Waals surface area contributed by atoms with Gasteiger partial charge in [-0.05, 0) is 11.1 Å². The molecular formula is C12H9F3O3. The Balaban J connectivity index is 2.38. The fourth-order valence-corrected chi connectivity index (χ4v) is 1.68. The lowest BCUT2D eigenvalue weighted by Crippen LogP contribution is -2.50. The molecule has 0 saturated heterocycles. The molecule has 0 bridgehead atoms. The van der Waals surface area contributed by atoms with Gasteiger partial charge in [-0.1, -0.05) is 30.3 Å². The van der Waals surface area contributed by atoms with Crippen LogP contribution in [0.3, 0.4) is 0 Å². The van der Waals surface area contributed by atoms with Gasteiger partial charge >= 0.3 is 17.9 Å². The third-order valence-corrected chi connectivity index (χ3v) is 2.58. The second kappa shape index (κ2) is 4.13. The van der Waals surface area contributed by atoms with Crippen molar-refractivity contribution in [2.75, 3.05) is 0 Å². The minimum absolute atomic E-state index is 0.0895. The van der Waals surface area contributed by atoms with Crippen LogP contribution in [0.2, 0.25) is 0 Å². The summed E-state index contributed by atoms with van der Waals surface area (Å²) in [5, 5.41) is 9.40. The van der Waals surface area contributed by atoms with Gasteiger partial charge in [0.25, 0.3) is 0 Å². The normalized spacial score (nSPS) is 24.4. The molecule has 0 fully saturated rings. The third-order valence-electron chi connectivity index (χ3n) is 2.58. The van der Waals surface area contributed by atoms with Gasteiger partial charge in [0.05, 0.1) is 0 Å². The van der Waals surface area contributed by atoms with Crippen molar-refractivity contribution in [2.24, 2.45) is 0 Å². The monoisotopic (exact) mass is 258 g/mol. The van der Waals surface area contributed by atoms with Gasteiger partial charge in [-0.2, -0.15) is 13.2 Å². The third kappa shape index (κ3) is 2.24. The molecule has 0 aliphatic carbocycles. The highest BCUT2D eigenvalue weighted by molar-refractivity contribution is 5.93. The van der Waals surface area contributed by atoms with E-state index in [1.54, 1.807) is 30.3 Å². The summed E-state index contributed by atoms with van der Waals surface area (Å²) < 4.78 is 41.9. The number of hydrogen-bond donors (Lipinski definition) is 1. The van der Waals surface area contributed by atoms with Crippen LogP contribution in [-0.2, 0) is 9.53 Å². The first kappa shape index (κ1) is 12.6. The summed E-state index contributed by atoms with van der Waals surface area (Å²) in [6.45, 7) is 0. The largest absolute Gasteiger partial charge is 0.455 e. The van der Waals surface area contributed by atoms with Crippen molar-refractivity contribution in [3.63, 3.8) is 0 Å². The van der Waals surface area contributed by atoms with Crippen LogP contribution in [0.5, 0.6) is 0 Å². The van der Waals surface area contributed by atoms with Crippen molar-refractivity contribution >= 4 is 11.5 Å². The van der Waals surface area contributed by atoms with E-state index in [0.717, 1.165) is 6.08 Å². The number of cyclic esters (lactones) is 1. The molecule has 1 aromatic carbocycles. The van der Waals surface area contributed by atoms with Crippen LogP contribution in [0.1, 0.15) is 12.0 Å². The van der Waals surface area contributed by atoms with Crippen LogP contribution < -0.4 is 0 Å². The van der Waals surface area contributed by atoms with E-state index >= 15 is 0 Å².